The molecule has 5 nitrogen and oxygen atoms in total. The molecule has 14 rings (SSSR count). The molecule has 0 saturated carbocycles. The van der Waals surface area contributed by atoms with Crippen molar-refractivity contribution in [3.8, 4) is 39.9 Å². The third kappa shape index (κ3) is 5.15. The number of furan rings is 1. The average Bonchev–Trinajstić information content (AvgIpc) is 3.90. The molecule has 0 fully saturated rings. The largest absolute Gasteiger partial charge is 0.456 e. The van der Waals surface area contributed by atoms with Crippen LogP contribution in [0.3, 0.4) is 0 Å². The van der Waals surface area contributed by atoms with Gasteiger partial charge in [-0.05, 0) is 102 Å². The maximum absolute atomic E-state index is 6.68. The molecule has 0 atom stereocenters. The Morgan fingerprint density at radius 2 is 0.938 bits per heavy atom. The number of rotatable bonds is 4. The summed E-state index contributed by atoms with van der Waals surface area (Å²) >= 11 is 0. The maximum Gasteiger partial charge on any atom is 0.166 e. The van der Waals surface area contributed by atoms with Crippen LogP contribution in [-0.4, -0.2) is 19.5 Å². The third-order valence-corrected chi connectivity index (χ3v) is 13.2. The normalized spacial score (nSPS) is 12.1. The standard InChI is InChI=1S/C59H34N4O/c1-2-15-37-31-41(26-25-35(37)13-1)57-60-58(47-33-40-18-6-7-19-42(40)44-21-9-10-22-45(44)47)62-59(61-57)56-50(29-30-53-55(56)46-23-11-12-24-52(46)64-53)63-49-28-27-36-14-5-8-20-43(36)54(49)48-32-38-16-3-4-17-39(38)34-51(48)63/h1-34H. The second-order valence-electron chi connectivity index (χ2n) is 16.7. The number of para-hydroxylation sites is 1. The highest BCUT2D eigenvalue weighted by atomic mass is 16.3. The SMILES string of the molecule is c1ccc2cc(-c3nc(-c4cc5ccccc5c5ccccc45)nc(-c4c(-n5c6cc7ccccc7cc6c6c7ccccc7ccc65)ccc5oc6ccccc6c45)n3)ccc2c1. The van der Waals surface area contributed by atoms with E-state index in [4.69, 9.17) is 19.4 Å². The second kappa shape index (κ2) is 13.4. The third-order valence-electron chi connectivity index (χ3n) is 13.2. The van der Waals surface area contributed by atoms with Gasteiger partial charge in [0.1, 0.15) is 11.2 Å². The Balaban J connectivity index is 1.16. The van der Waals surface area contributed by atoms with Crippen LogP contribution in [0.2, 0.25) is 0 Å². The van der Waals surface area contributed by atoms with E-state index in [1.807, 2.05) is 12.1 Å². The summed E-state index contributed by atoms with van der Waals surface area (Å²) in [6, 6.07) is 73.4. The Morgan fingerprint density at radius 1 is 0.328 bits per heavy atom. The van der Waals surface area contributed by atoms with Crippen LogP contribution < -0.4 is 0 Å². The second-order valence-corrected chi connectivity index (χ2v) is 16.7. The fourth-order valence-corrected chi connectivity index (χ4v) is 10.3. The lowest BCUT2D eigenvalue weighted by Crippen LogP contribution is -2.04. The van der Waals surface area contributed by atoms with Gasteiger partial charge in [-0.25, -0.2) is 15.0 Å². The number of aromatic nitrogens is 4. The minimum absolute atomic E-state index is 0.564. The van der Waals surface area contributed by atoms with Gasteiger partial charge in [0.15, 0.2) is 17.5 Å². The number of fused-ring (bicyclic) bond motifs is 13. The molecule has 3 heterocycles. The molecule has 0 aliphatic carbocycles. The molecule has 296 valence electrons. The Kier molecular flexibility index (Phi) is 7.33. The first-order valence-electron chi connectivity index (χ1n) is 21.7. The van der Waals surface area contributed by atoms with Crippen molar-refractivity contribution in [1.82, 2.24) is 19.5 Å². The summed E-state index contributed by atoms with van der Waals surface area (Å²) in [6.07, 6.45) is 0. The van der Waals surface area contributed by atoms with Crippen molar-refractivity contribution in [2.24, 2.45) is 0 Å². The monoisotopic (exact) mass is 814 g/mol. The van der Waals surface area contributed by atoms with E-state index in [2.05, 4.69) is 199 Å². The first-order chi connectivity index (χ1) is 31.7. The van der Waals surface area contributed by atoms with Crippen molar-refractivity contribution < 1.29 is 4.42 Å². The number of nitrogens with zero attached hydrogens (tertiary/aromatic N) is 4. The van der Waals surface area contributed by atoms with Crippen LogP contribution in [-0.2, 0) is 0 Å². The van der Waals surface area contributed by atoms with E-state index in [1.165, 1.54) is 37.7 Å². The van der Waals surface area contributed by atoms with Gasteiger partial charge in [-0.3, -0.25) is 0 Å². The highest BCUT2D eigenvalue weighted by molar-refractivity contribution is 6.24. The van der Waals surface area contributed by atoms with E-state index in [-0.39, 0.29) is 0 Å². The summed E-state index contributed by atoms with van der Waals surface area (Å²) in [5.41, 5.74) is 7.45. The molecule has 0 N–H and O–H groups in total. The van der Waals surface area contributed by atoms with Crippen LogP contribution in [0.4, 0.5) is 0 Å². The number of benzene rings is 11. The van der Waals surface area contributed by atoms with Gasteiger partial charge in [-0.2, -0.15) is 0 Å². The highest BCUT2D eigenvalue weighted by Gasteiger charge is 2.26. The van der Waals surface area contributed by atoms with Crippen LogP contribution >= 0.6 is 0 Å². The molecule has 0 aliphatic heterocycles. The molecule has 0 saturated heterocycles. The molecule has 11 aromatic carbocycles. The van der Waals surface area contributed by atoms with Crippen LogP contribution in [0, 0.1) is 0 Å². The lowest BCUT2D eigenvalue weighted by atomic mass is 9.96. The van der Waals surface area contributed by atoms with Crippen molar-refractivity contribution in [3.05, 3.63) is 206 Å². The van der Waals surface area contributed by atoms with Gasteiger partial charge in [0.05, 0.1) is 22.3 Å². The Hall–Kier alpha value is -8.67. The summed E-state index contributed by atoms with van der Waals surface area (Å²) in [5, 5.41) is 15.9. The molecule has 3 aromatic heterocycles. The summed E-state index contributed by atoms with van der Waals surface area (Å²) in [7, 11) is 0. The van der Waals surface area contributed by atoms with Gasteiger partial charge in [0, 0.05) is 32.7 Å². The minimum atomic E-state index is 0.564. The van der Waals surface area contributed by atoms with Crippen molar-refractivity contribution in [3.63, 3.8) is 0 Å². The van der Waals surface area contributed by atoms with Gasteiger partial charge in [0.25, 0.3) is 0 Å². The fraction of sp³-hybridized carbons (Fsp3) is 0. The molecule has 0 aliphatic rings. The fourth-order valence-electron chi connectivity index (χ4n) is 10.3. The average molecular weight is 815 g/mol. The van der Waals surface area contributed by atoms with Crippen molar-refractivity contribution in [2.45, 2.75) is 0 Å². The lowest BCUT2D eigenvalue weighted by molar-refractivity contribution is 0.669. The molecular formula is C59H34N4O. The van der Waals surface area contributed by atoms with E-state index in [9.17, 15) is 0 Å². The predicted molar refractivity (Wildman–Crippen MR) is 265 cm³/mol. The molecule has 0 spiro atoms. The zero-order valence-corrected chi connectivity index (χ0v) is 34.3. The van der Waals surface area contributed by atoms with Crippen molar-refractivity contribution >= 4 is 97.6 Å². The molecule has 0 bridgehead atoms. The van der Waals surface area contributed by atoms with E-state index in [1.54, 1.807) is 0 Å². The van der Waals surface area contributed by atoms with E-state index >= 15 is 0 Å². The van der Waals surface area contributed by atoms with Crippen molar-refractivity contribution in [1.29, 1.82) is 0 Å². The van der Waals surface area contributed by atoms with E-state index in [0.29, 0.717) is 17.5 Å². The number of hydrogen-bond donors (Lipinski definition) is 0. The first kappa shape index (κ1) is 35.0. The number of hydrogen-bond acceptors (Lipinski definition) is 4. The van der Waals surface area contributed by atoms with E-state index < -0.39 is 0 Å². The Labute approximate surface area is 366 Å². The summed E-state index contributed by atoms with van der Waals surface area (Å²) in [4.78, 5) is 16.5. The van der Waals surface area contributed by atoms with Crippen molar-refractivity contribution in [2.75, 3.05) is 0 Å². The zero-order chi connectivity index (χ0) is 41.9. The molecule has 64 heavy (non-hydrogen) atoms. The van der Waals surface area contributed by atoms with Gasteiger partial charge < -0.3 is 8.98 Å². The lowest BCUT2D eigenvalue weighted by Gasteiger charge is -2.17. The molecule has 5 heteroatoms. The Bertz CT molecular complexity index is 4270. The van der Waals surface area contributed by atoms with Crippen LogP contribution in [0.25, 0.3) is 137 Å². The van der Waals surface area contributed by atoms with Crippen LogP contribution in [0.1, 0.15) is 0 Å². The molecule has 0 radical (unpaired) electrons. The maximum atomic E-state index is 6.68. The summed E-state index contributed by atoms with van der Waals surface area (Å²) in [5.74, 6) is 1.76. The summed E-state index contributed by atoms with van der Waals surface area (Å²) < 4.78 is 9.10. The topological polar surface area (TPSA) is 56.7 Å². The summed E-state index contributed by atoms with van der Waals surface area (Å²) in [6.45, 7) is 0. The first-order valence-corrected chi connectivity index (χ1v) is 21.7. The minimum Gasteiger partial charge on any atom is -0.456 e. The molecule has 0 unspecified atom stereocenters. The van der Waals surface area contributed by atoms with Gasteiger partial charge in [-0.1, -0.05) is 158 Å². The predicted octanol–water partition coefficient (Wildman–Crippen LogP) is 15.6. The van der Waals surface area contributed by atoms with Crippen LogP contribution in [0.15, 0.2) is 211 Å². The molecule has 14 aromatic rings. The van der Waals surface area contributed by atoms with Gasteiger partial charge in [0.2, 0.25) is 0 Å². The smallest absolute Gasteiger partial charge is 0.166 e. The quantitative estimate of drug-likeness (QED) is 0.166. The van der Waals surface area contributed by atoms with Gasteiger partial charge >= 0.3 is 0 Å². The highest BCUT2D eigenvalue weighted by Crippen LogP contribution is 2.45. The zero-order valence-electron chi connectivity index (χ0n) is 34.3. The Morgan fingerprint density at radius 3 is 1.77 bits per heavy atom. The van der Waals surface area contributed by atoms with E-state index in [0.717, 1.165) is 82.3 Å². The molecular weight excluding hydrogens is 781 g/mol. The van der Waals surface area contributed by atoms with Gasteiger partial charge in [-0.15, -0.1) is 0 Å². The molecule has 0 amide bonds. The van der Waals surface area contributed by atoms with Crippen LogP contribution in [0.5, 0.6) is 0 Å².